The fourth-order valence-electron chi connectivity index (χ4n) is 4.86. The van der Waals surface area contributed by atoms with Crippen LogP contribution in [0.3, 0.4) is 0 Å². The molecule has 3 N–H and O–H groups in total. The topological polar surface area (TPSA) is 74.9 Å². The third-order valence-electron chi connectivity index (χ3n) is 6.90. The SMILES string of the molecule is CC1CCC(NC(=O)Nc2ccc(OC(F)(F)F)cc2)C(Oc2ccccc2C2(C(F)(F)F)CCN2C)N1. The number of alkyl halides is 6. The predicted octanol–water partition coefficient (Wildman–Crippen LogP) is 5.35. The zero-order chi connectivity index (χ0) is 27.7. The van der Waals surface area contributed by atoms with Crippen molar-refractivity contribution in [3.8, 4) is 11.5 Å². The molecule has 4 atom stereocenters. The van der Waals surface area contributed by atoms with Gasteiger partial charge in [0.2, 0.25) is 0 Å². The van der Waals surface area contributed by atoms with Gasteiger partial charge in [0.15, 0.2) is 6.23 Å². The molecule has 4 unspecified atom stereocenters. The molecule has 38 heavy (non-hydrogen) atoms. The number of piperidine rings is 1. The van der Waals surface area contributed by atoms with Gasteiger partial charge >= 0.3 is 18.6 Å². The minimum atomic E-state index is -4.83. The number of rotatable bonds is 6. The van der Waals surface area contributed by atoms with Gasteiger partial charge in [-0.25, -0.2) is 4.79 Å². The molecule has 7 nitrogen and oxygen atoms in total. The minimum Gasteiger partial charge on any atom is -0.473 e. The molecule has 2 amide bonds. The quantitative estimate of drug-likeness (QED) is 0.427. The Bertz CT molecular complexity index is 1130. The average molecular weight is 547 g/mol. The lowest BCUT2D eigenvalue weighted by molar-refractivity contribution is -0.274. The highest BCUT2D eigenvalue weighted by molar-refractivity contribution is 5.89. The first-order valence-electron chi connectivity index (χ1n) is 12.0. The van der Waals surface area contributed by atoms with Gasteiger partial charge in [-0.2, -0.15) is 13.2 Å². The number of anilines is 1. The van der Waals surface area contributed by atoms with Gasteiger partial charge in [-0.3, -0.25) is 10.2 Å². The van der Waals surface area contributed by atoms with Gasteiger partial charge in [0.05, 0.1) is 6.04 Å². The van der Waals surface area contributed by atoms with Gasteiger partial charge in [-0.15, -0.1) is 13.2 Å². The molecular formula is C25H28F6N4O3. The van der Waals surface area contributed by atoms with Crippen LogP contribution < -0.4 is 25.4 Å². The highest BCUT2D eigenvalue weighted by Crippen LogP contribution is 2.53. The molecule has 2 heterocycles. The van der Waals surface area contributed by atoms with Crippen LogP contribution in [-0.2, 0) is 5.54 Å². The highest BCUT2D eigenvalue weighted by Gasteiger charge is 2.64. The van der Waals surface area contributed by atoms with Crippen LogP contribution >= 0.6 is 0 Å². The number of ether oxygens (including phenoxy) is 2. The first-order valence-corrected chi connectivity index (χ1v) is 12.0. The number of carbonyl (C=O) groups excluding carboxylic acids is 1. The molecule has 2 aromatic rings. The second kappa shape index (κ2) is 10.5. The molecule has 0 aromatic heterocycles. The third-order valence-corrected chi connectivity index (χ3v) is 6.90. The number of urea groups is 1. The predicted molar refractivity (Wildman–Crippen MR) is 127 cm³/mol. The Morgan fingerprint density at radius 1 is 1.05 bits per heavy atom. The van der Waals surface area contributed by atoms with E-state index in [0.717, 1.165) is 12.1 Å². The van der Waals surface area contributed by atoms with Gasteiger partial charge in [0, 0.05) is 23.8 Å². The first kappa shape index (κ1) is 27.8. The molecule has 0 spiro atoms. The zero-order valence-electron chi connectivity index (χ0n) is 20.6. The molecule has 2 aromatic carbocycles. The maximum absolute atomic E-state index is 14.2. The smallest absolute Gasteiger partial charge is 0.473 e. The van der Waals surface area contributed by atoms with E-state index in [9.17, 15) is 31.1 Å². The Labute approximate surface area is 215 Å². The van der Waals surface area contributed by atoms with Crippen LogP contribution in [0.2, 0.25) is 0 Å². The Morgan fingerprint density at radius 3 is 2.32 bits per heavy atom. The molecule has 0 aliphatic carbocycles. The van der Waals surface area contributed by atoms with Crippen LogP contribution in [0.15, 0.2) is 48.5 Å². The molecule has 2 fully saturated rings. The Balaban J connectivity index is 1.47. The molecule has 4 rings (SSSR count). The molecule has 2 aliphatic heterocycles. The molecule has 0 saturated carbocycles. The number of hydrogen-bond donors (Lipinski definition) is 3. The van der Waals surface area contributed by atoms with E-state index in [0.29, 0.717) is 19.4 Å². The Kier molecular flexibility index (Phi) is 7.71. The maximum atomic E-state index is 14.2. The van der Waals surface area contributed by atoms with Crippen molar-refractivity contribution in [3.05, 3.63) is 54.1 Å². The summed E-state index contributed by atoms with van der Waals surface area (Å²) < 4.78 is 89.7. The summed E-state index contributed by atoms with van der Waals surface area (Å²) in [5.74, 6) is -0.370. The number of nitrogens with one attached hydrogen (secondary N) is 3. The van der Waals surface area contributed by atoms with Gasteiger partial charge in [-0.05, 0) is 63.6 Å². The van der Waals surface area contributed by atoms with Crippen molar-refractivity contribution >= 4 is 11.7 Å². The summed E-state index contributed by atoms with van der Waals surface area (Å²) in [5, 5.41) is 8.48. The van der Waals surface area contributed by atoms with E-state index in [1.165, 1.54) is 42.3 Å². The summed E-state index contributed by atoms with van der Waals surface area (Å²) >= 11 is 0. The van der Waals surface area contributed by atoms with E-state index in [2.05, 4.69) is 20.7 Å². The van der Waals surface area contributed by atoms with Crippen LogP contribution in [0.5, 0.6) is 11.5 Å². The number of benzene rings is 2. The monoisotopic (exact) mass is 546 g/mol. The Hall–Kier alpha value is -3.19. The number of likely N-dealkylation sites (tertiary alicyclic amines) is 1. The summed E-state index contributed by atoms with van der Waals surface area (Å²) in [6, 6.07) is 9.36. The van der Waals surface area contributed by atoms with E-state index in [-0.39, 0.29) is 29.5 Å². The van der Waals surface area contributed by atoms with Gasteiger partial charge in [-0.1, -0.05) is 18.2 Å². The van der Waals surface area contributed by atoms with Crippen LogP contribution in [-0.4, -0.2) is 55.4 Å². The highest BCUT2D eigenvalue weighted by atomic mass is 19.4. The lowest BCUT2D eigenvalue weighted by Gasteiger charge is -2.52. The first-order chi connectivity index (χ1) is 17.8. The standard InChI is InChI=1S/C25H28F6N4O3/c1-15-7-12-19(34-22(36)33-16-8-10-17(11-9-16)38-25(29,30)31)21(32-15)37-20-6-4-3-5-18(20)23(24(26,27)28)13-14-35(23)2/h3-6,8-11,15,19,21,32H,7,12-14H2,1-2H3,(H2,33,34,36). The van der Waals surface area contributed by atoms with E-state index >= 15 is 0 Å². The second-order valence-electron chi connectivity index (χ2n) is 9.49. The summed E-state index contributed by atoms with van der Waals surface area (Å²) in [6.45, 7) is 2.19. The van der Waals surface area contributed by atoms with Crippen LogP contribution in [0.1, 0.15) is 31.7 Å². The zero-order valence-corrected chi connectivity index (χ0v) is 20.6. The summed E-state index contributed by atoms with van der Waals surface area (Å²) in [4.78, 5) is 13.9. The average Bonchev–Trinajstić information content (AvgIpc) is 2.80. The van der Waals surface area contributed by atoms with Crippen LogP contribution in [0.25, 0.3) is 0 Å². The van der Waals surface area contributed by atoms with E-state index in [4.69, 9.17) is 4.74 Å². The number of para-hydroxylation sites is 1. The van der Waals surface area contributed by atoms with E-state index in [1.54, 1.807) is 6.07 Å². The van der Waals surface area contributed by atoms with Crippen molar-refractivity contribution in [2.24, 2.45) is 0 Å². The Morgan fingerprint density at radius 2 is 1.74 bits per heavy atom. The molecule has 13 heteroatoms. The normalized spacial score (nSPS) is 26.3. The summed E-state index contributed by atoms with van der Waals surface area (Å²) in [7, 11) is 1.42. The molecule has 2 saturated heterocycles. The van der Waals surface area contributed by atoms with Gasteiger partial charge < -0.3 is 20.1 Å². The lowest BCUT2D eigenvalue weighted by Crippen LogP contribution is -2.64. The molecule has 208 valence electrons. The molecule has 0 bridgehead atoms. The van der Waals surface area contributed by atoms with Gasteiger partial charge in [0.25, 0.3) is 0 Å². The van der Waals surface area contributed by atoms with Crippen LogP contribution in [0, 0.1) is 0 Å². The fourth-order valence-corrected chi connectivity index (χ4v) is 4.86. The van der Waals surface area contributed by atoms with Crippen molar-refractivity contribution < 1.29 is 40.6 Å². The van der Waals surface area contributed by atoms with E-state index in [1.807, 2.05) is 6.92 Å². The van der Waals surface area contributed by atoms with Crippen LogP contribution in [0.4, 0.5) is 36.8 Å². The fraction of sp³-hybridized carbons (Fsp3) is 0.480. The lowest BCUT2D eigenvalue weighted by atomic mass is 9.77. The molecule has 2 aliphatic rings. The molecule has 0 radical (unpaired) electrons. The van der Waals surface area contributed by atoms with Crippen molar-refractivity contribution in [1.29, 1.82) is 0 Å². The maximum Gasteiger partial charge on any atom is 0.573 e. The van der Waals surface area contributed by atoms with Crippen molar-refractivity contribution in [3.63, 3.8) is 0 Å². The van der Waals surface area contributed by atoms with Crippen molar-refractivity contribution in [2.75, 3.05) is 18.9 Å². The summed E-state index contributed by atoms with van der Waals surface area (Å²) in [6.07, 6.45) is -9.13. The third kappa shape index (κ3) is 5.93. The number of halogens is 6. The number of amides is 2. The van der Waals surface area contributed by atoms with Crippen molar-refractivity contribution in [1.82, 2.24) is 15.5 Å². The van der Waals surface area contributed by atoms with Gasteiger partial charge in [0.1, 0.15) is 17.0 Å². The number of hydrogen-bond acceptors (Lipinski definition) is 5. The number of nitrogens with zero attached hydrogens (tertiary/aromatic N) is 1. The molecular weight excluding hydrogens is 518 g/mol. The van der Waals surface area contributed by atoms with Crippen molar-refractivity contribution in [2.45, 2.75) is 62.6 Å². The van der Waals surface area contributed by atoms with E-state index < -0.39 is 42.1 Å². The number of carbonyl (C=O) groups is 1. The largest absolute Gasteiger partial charge is 0.573 e. The summed E-state index contributed by atoms with van der Waals surface area (Å²) in [5.41, 5.74) is -1.94. The second-order valence-corrected chi connectivity index (χ2v) is 9.49. The minimum absolute atomic E-state index is 0.00523.